The van der Waals surface area contributed by atoms with Crippen LogP contribution >= 0.6 is 15.9 Å². The van der Waals surface area contributed by atoms with Crippen molar-refractivity contribution >= 4 is 27.4 Å². The molecule has 88 valence electrons. The minimum atomic E-state index is 0.268. The van der Waals surface area contributed by atoms with E-state index in [1.54, 1.807) is 13.3 Å². The fraction of sp³-hybridized carbons (Fsp3) is 0.545. The number of methoxy groups -OCH3 is 1. The summed E-state index contributed by atoms with van der Waals surface area (Å²) in [6.45, 7) is 0. The van der Waals surface area contributed by atoms with E-state index in [1.807, 2.05) is 6.07 Å². The fourth-order valence-electron chi connectivity index (χ4n) is 2.12. The molecule has 0 amide bonds. The van der Waals surface area contributed by atoms with E-state index in [0.29, 0.717) is 11.7 Å². The van der Waals surface area contributed by atoms with Gasteiger partial charge < -0.3 is 15.8 Å². The van der Waals surface area contributed by atoms with E-state index < -0.39 is 0 Å². The van der Waals surface area contributed by atoms with E-state index in [-0.39, 0.29) is 6.10 Å². The molecule has 3 N–H and O–H groups in total. The number of rotatable bonds is 3. The van der Waals surface area contributed by atoms with Gasteiger partial charge in [0.15, 0.2) is 0 Å². The highest BCUT2D eigenvalue weighted by Crippen LogP contribution is 2.27. The molecule has 2 rings (SSSR count). The predicted molar refractivity (Wildman–Crippen MR) is 68.4 cm³/mol. The molecular formula is C11H16BrN3O. The van der Waals surface area contributed by atoms with Gasteiger partial charge in [-0.1, -0.05) is 0 Å². The van der Waals surface area contributed by atoms with Crippen molar-refractivity contribution < 1.29 is 4.74 Å². The third-order valence-electron chi connectivity index (χ3n) is 2.96. The van der Waals surface area contributed by atoms with Crippen LogP contribution in [-0.2, 0) is 4.74 Å². The molecular weight excluding hydrogens is 270 g/mol. The number of nitrogens with two attached hydrogens (primary N) is 1. The molecule has 0 bridgehead atoms. The van der Waals surface area contributed by atoms with Gasteiger partial charge in [-0.25, -0.2) is 4.98 Å². The second-order valence-corrected chi connectivity index (χ2v) is 4.96. The van der Waals surface area contributed by atoms with Crippen molar-refractivity contribution in [3.63, 3.8) is 0 Å². The van der Waals surface area contributed by atoms with Crippen molar-refractivity contribution in [2.45, 2.75) is 31.4 Å². The highest BCUT2D eigenvalue weighted by atomic mass is 79.9. The largest absolute Gasteiger partial charge is 0.396 e. The number of anilines is 2. The van der Waals surface area contributed by atoms with Gasteiger partial charge in [0.1, 0.15) is 5.82 Å². The van der Waals surface area contributed by atoms with Crippen molar-refractivity contribution in [2.24, 2.45) is 0 Å². The van der Waals surface area contributed by atoms with E-state index >= 15 is 0 Å². The first-order valence-electron chi connectivity index (χ1n) is 5.41. The maximum atomic E-state index is 5.89. The van der Waals surface area contributed by atoms with Crippen LogP contribution in [0.2, 0.25) is 0 Å². The van der Waals surface area contributed by atoms with Crippen LogP contribution in [0.25, 0.3) is 0 Å². The van der Waals surface area contributed by atoms with Crippen molar-refractivity contribution in [1.29, 1.82) is 0 Å². The normalized spacial score (nSPS) is 24.6. The summed E-state index contributed by atoms with van der Waals surface area (Å²) < 4.78 is 6.31. The van der Waals surface area contributed by atoms with E-state index in [2.05, 4.69) is 26.2 Å². The topological polar surface area (TPSA) is 60.2 Å². The van der Waals surface area contributed by atoms with Crippen molar-refractivity contribution in [1.82, 2.24) is 4.98 Å². The molecule has 4 nitrogen and oxygen atoms in total. The number of aromatic nitrogens is 1. The number of hydrogen-bond donors (Lipinski definition) is 2. The molecule has 0 spiro atoms. The average Bonchev–Trinajstić information content (AvgIpc) is 2.69. The predicted octanol–water partition coefficient (Wildman–Crippen LogP) is 2.41. The first-order valence-corrected chi connectivity index (χ1v) is 6.20. The van der Waals surface area contributed by atoms with Gasteiger partial charge in [0.25, 0.3) is 0 Å². The van der Waals surface area contributed by atoms with Crippen LogP contribution in [0.4, 0.5) is 11.5 Å². The van der Waals surface area contributed by atoms with Crippen molar-refractivity contribution in [3.05, 3.63) is 16.7 Å². The number of hydrogen-bond acceptors (Lipinski definition) is 4. The summed E-state index contributed by atoms with van der Waals surface area (Å²) in [5.41, 5.74) is 6.55. The van der Waals surface area contributed by atoms with Gasteiger partial charge >= 0.3 is 0 Å². The van der Waals surface area contributed by atoms with Gasteiger partial charge in [0, 0.05) is 17.8 Å². The summed E-state index contributed by atoms with van der Waals surface area (Å²) >= 11 is 3.34. The van der Waals surface area contributed by atoms with Crippen LogP contribution in [0, 0.1) is 0 Å². The molecule has 5 heteroatoms. The number of pyridine rings is 1. The second kappa shape index (κ2) is 5.01. The number of nitrogen functional groups attached to an aromatic ring is 1. The Morgan fingerprint density at radius 1 is 1.56 bits per heavy atom. The van der Waals surface area contributed by atoms with Crippen LogP contribution in [0.5, 0.6) is 0 Å². The van der Waals surface area contributed by atoms with Gasteiger partial charge in [0.2, 0.25) is 0 Å². The van der Waals surface area contributed by atoms with Crippen molar-refractivity contribution in [3.8, 4) is 0 Å². The van der Waals surface area contributed by atoms with E-state index in [9.17, 15) is 0 Å². The first-order chi connectivity index (χ1) is 7.70. The molecule has 1 aromatic heterocycles. The lowest BCUT2D eigenvalue weighted by Crippen LogP contribution is -2.30. The quantitative estimate of drug-likeness (QED) is 0.895. The molecule has 1 aliphatic carbocycles. The summed E-state index contributed by atoms with van der Waals surface area (Å²) in [6, 6.07) is 2.17. The number of nitrogens with zero attached hydrogens (tertiary/aromatic N) is 1. The molecule has 2 unspecified atom stereocenters. The summed E-state index contributed by atoms with van der Waals surface area (Å²) in [5.74, 6) is 0.747. The Hall–Kier alpha value is -0.810. The molecule has 1 aliphatic rings. The SMILES string of the molecule is COC1CCCC1Nc1ncc(Br)cc1N. The first kappa shape index (κ1) is 11.7. The maximum Gasteiger partial charge on any atom is 0.149 e. The summed E-state index contributed by atoms with van der Waals surface area (Å²) in [5, 5.41) is 3.36. The molecule has 2 atom stereocenters. The Labute approximate surface area is 104 Å². The Bertz CT molecular complexity index is 372. The van der Waals surface area contributed by atoms with Gasteiger partial charge in [-0.3, -0.25) is 0 Å². The lowest BCUT2D eigenvalue weighted by Gasteiger charge is -2.20. The van der Waals surface area contributed by atoms with E-state index in [4.69, 9.17) is 10.5 Å². The number of nitrogens with one attached hydrogen (secondary N) is 1. The number of ether oxygens (including phenoxy) is 1. The number of halogens is 1. The highest BCUT2D eigenvalue weighted by molar-refractivity contribution is 9.10. The van der Waals surface area contributed by atoms with Crippen LogP contribution in [0.3, 0.4) is 0 Å². The Kier molecular flexibility index (Phi) is 3.66. The van der Waals surface area contributed by atoms with Crippen molar-refractivity contribution in [2.75, 3.05) is 18.2 Å². The Balaban J connectivity index is 2.08. The zero-order chi connectivity index (χ0) is 11.5. The third kappa shape index (κ3) is 2.47. The van der Waals surface area contributed by atoms with E-state index in [0.717, 1.165) is 23.1 Å². The Morgan fingerprint density at radius 3 is 3.06 bits per heavy atom. The maximum absolute atomic E-state index is 5.89. The molecule has 1 saturated carbocycles. The lowest BCUT2D eigenvalue weighted by atomic mass is 10.2. The molecule has 0 saturated heterocycles. The molecule has 16 heavy (non-hydrogen) atoms. The fourth-order valence-corrected chi connectivity index (χ4v) is 2.47. The summed E-state index contributed by atoms with van der Waals surface area (Å²) in [7, 11) is 1.75. The molecule has 0 radical (unpaired) electrons. The zero-order valence-corrected chi connectivity index (χ0v) is 10.8. The second-order valence-electron chi connectivity index (χ2n) is 4.05. The van der Waals surface area contributed by atoms with Crippen LogP contribution in [0.1, 0.15) is 19.3 Å². The minimum Gasteiger partial charge on any atom is -0.396 e. The zero-order valence-electron chi connectivity index (χ0n) is 9.24. The summed E-state index contributed by atoms with van der Waals surface area (Å²) in [4.78, 5) is 4.27. The molecule has 1 heterocycles. The average molecular weight is 286 g/mol. The lowest BCUT2D eigenvalue weighted by molar-refractivity contribution is 0.101. The minimum absolute atomic E-state index is 0.268. The third-order valence-corrected chi connectivity index (χ3v) is 3.39. The smallest absolute Gasteiger partial charge is 0.149 e. The van der Waals surface area contributed by atoms with Crippen LogP contribution in [0.15, 0.2) is 16.7 Å². The van der Waals surface area contributed by atoms with Gasteiger partial charge in [-0.2, -0.15) is 0 Å². The van der Waals surface area contributed by atoms with Crippen LogP contribution in [-0.4, -0.2) is 24.2 Å². The summed E-state index contributed by atoms with van der Waals surface area (Å²) in [6.07, 6.45) is 5.41. The van der Waals surface area contributed by atoms with Gasteiger partial charge in [0.05, 0.1) is 17.8 Å². The molecule has 1 fully saturated rings. The van der Waals surface area contributed by atoms with E-state index in [1.165, 1.54) is 6.42 Å². The van der Waals surface area contributed by atoms with Gasteiger partial charge in [-0.05, 0) is 41.3 Å². The standard InChI is InChI=1S/C11H16BrN3O/c1-16-10-4-2-3-9(10)15-11-8(13)5-7(12)6-14-11/h5-6,9-10H,2-4,13H2,1H3,(H,14,15). The molecule has 1 aromatic rings. The highest BCUT2D eigenvalue weighted by Gasteiger charge is 2.27. The van der Waals surface area contributed by atoms with Crippen LogP contribution < -0.4 is 11.1 Å². The van der Waals surface area contributed by atoms with Gasteiger partial charge in [-0.15, -0.1) is 0 Å². The molecule has 0 aliphatic heterocycles. The Morgan fingerprint density at radius 2 is 2.38 bits per heavy atom. The monoisotopic (exact) mass is 285 g/mol. The molecule has 0 aromatic carbocycles.